The van der Waals surface area contributed by atoms with Gasteiger partial charge in [-0.25, -0.2) is 4.98 Å². The van der Waals surface area contributed by atoms with Gasteiger partial charge in [0.05, 0.1) is 25.6 Å². The summed E-state index contributed by atoms with van der Waals surface area (Å²) in [5.41, 5.74) is 3.27. The Balaban J connectivity index is 1.96. The lowest BCUT2D eigenvalue weighted by Crippen LogP contribution is -2.06. The molecule has 0 spiro atoms. The number of hydrogen-bond acceptors (Lipinski definition) is 4. The molecular formula is C19H18Cl2N2OS. The molecular weight excluding hydrogens is 375 g/mol. The average Bonchev–Trinajstić information content (AvgIpc) is 2.91. The van der Waals surface area contributed by atoms with Gasteiger partial charge in [-0.15, -0.1) is 11.3 Å². The lowest BCUT2D eigenvalue weighted by molar-refractivity contribution is 0.474. The van der Waals surface area contributed by atoms with Crippen LogP contribution in [0.15, 0.2) is 36.4 Å². The van der Waals surface area contributed by atoms with Crippen LogP contribution < -0.4 is 10.1 Å². The molecule has 0 saturated carbocycles. The maximum Gasteiger partial charge on any atom is 0.131 e. The van der Waals surface area contributed by atoms with Gasteiger partial charge in [0.25, 0.3) is 0 Å². The number of aromatic nitrogens is 1. The lowest BCUT2D eigenvalue weighted by atomic mass is 10.1. The molecule has 0 radical (unpaired) electrons. The fourth-order valence-electron chi connectivity index (χ4n) is 2.62. The van der Waals surface area contributed by atoms with Crippen LogP contribution in [0.2, 0.25) is 10.0 Å². The van der Waals surface area contributed by atoms with Gasteiger partial charge >= 0.3 is 0 Å². The third kappa shape index (κ3) is 4.15. The predicted octanol–water partition coefficient (Wildman–Crippen LogP) is 6.25. The number of nitrogens with one attached hydrogen (secondary N) is 1. The first-order chi connectivity index (χ1) is 12.0. The second-order valence-electron chi connectivity index (χ2n) is 5.68. The van der Waals surface area contributed by atoms with E-state index in [0.717, 1.165) is 27.6 Å². The van der Waals surface area contributed by atoms with Crippen molar-refractivity contribution in [1.82, 2.24) is 10.3 Å². The molecule has 1 N–H and O–H groups in total. The molecule has 3 nitrogen and oxygen atoms in total. The van der Waals surface area contributed by atoms with Crippen molar-refractivity contribution in [2.45, 2.75) is 20.4 Å². The molecule has 0 saturated heterocycles. The number of halogens is 2. The van der Waals surface area contributed by atoms with Crippen molar-refractivity contribution < 1.29 is 4.74 Å². The molecule has 1 aromatic heterocycles. The summed E-state index contributed by atoms with van der Waals surface area (Å²) in [6.07, 6.45) is 0. The highest BCUT2D eigenvalue weighted by atomic mass is 35.5. The first kappa shape index (κ1) is 18.2. The Hall–Kier alpha value is -1.59. The third-order valence-corrected chi connectivity index (χ3v) is 5.57. The van der Waals surface area contributed by atoms with E-state index in [9.17, 15) is 0 Å². The average molecular weight is 393 g/mol. The molecule has 130 valence electrons. The van der Waals surface area contributed by atoms with Gasteiger partial charge in [-0.3, -0.25) is 0 Å². The van der Waals surface area contributed by atoms with Crippen LogP contribution >= 0.6 is 34.5 Å². The van der Waals surface area contributed by atoms with Crippen molar-refractivity contribution in [2.75, 3.05) is 7.05 Å². The van der Waals surface area contributed by atoms with Gasteiger partial charge in [0.2, 0.25) is 0 Å². The smallest absolute Gasteiger partial charge is 0.131 e. The normalized spacial score (nSPS) is 10.9. The van der Waals surface area contributed by atoms with Crippen LogP contribution in [0, 0.1) is 13.8 Å². The Morgan fingerprint density at radius 1 is 1.08 bits per heavy atom. The molecule has 3 aromatic rings. The number of thiazole rings is 1. The summed E-state index contributed by atoms with van der Waals surface area (Å²) in [5.74, 6) is 1.44. The summed E-state index contributed by atoms with van der Waals surface area (Å²) >= 11 is 13.7. The van der Waals surface area contributed by atoms with Crippen LogP contribution in [0.5, 0.6) is 11.5 Å². The first-order valence-corrected chi connectivity index (χ1v) is 9.40. The van der Waals surface area contributed by atoms with Crippen molar-refractivity contribution >= 4 is 34.5 Å². The number of rotatable bonds is 5. The van der Waals surface area contributed by atoms with Crippen LogP contribution in [0.1, 0.15) is 16.3 Å². The van der Waals surface area contributed by atoms with Crippen molar-refractivity contribution in [3.8, 4) is 21.9 Å². The predicted molar refractivity (Wildman–Crippen MR) is 106 cm³/mol. The van der Waals surface area contributed by atoms with Gasteiger partial charge in [0.1, 0.15) is 11.5 Å². The van der Waals surface area contributed by atoms with Crippen molar-refractivity contribution in [3.05, 3.63) is 62.7 Å². The van der Waals surface area contributed by atoms with Gasteiger partial charge in [-0.05, 0) is 56.8 Å². The van der Waals surface area contributed by atoms with Gasteiger partial charge in [0.15, 0.2) is 0 Å². The van der Waals surface area contributed by atoms with Gasteiger partial charge in [-0.2, -0.15) is 0 Å². The van der Waals surface area contributed by atoms with E-state index in [0.29, 0.717) is 22.3 Å². The molecule has 25 heavy (non-hydrogen) atoms. The monoisotopic (exact) mass is 392 g/mol. The molecule has 6 heteroatoms. The quantitative estimate of drug-likeness (QED) is 0.557. The standard InChI is InChI=1S/C19H18Cl2N2OS/c1-11-19(25-12(2)23-11)13-4-7-18(14(8-13)10-22-3)24-15-5-6-16(20)17(21)9-15/h4-9,22H,10H2,1-3H3. The summed E-state index contributed by atoms with van der Waals surface area (Å²) in [6.45, 7) is 4.76. The molecule has 0 aliphatic carbocycles. The topological polar surface area (TPSA) is 34.2 Å². The Labute approximate surface area is 161 Å². The summed E-state index contributed by atoms with van der Waals surface area (Å²) in [4.78, 5) is 5.71. The van der Waals surface area contributed by atoms with E-state index in [1.54, 1.807) is 23.5 Å². The van der Waals surface area contributed by atoms with E-state index in [1.165, 1.54) is 4.88 Å². The molecule has 3 rings (SSSR count). The van der Waals surface area contributed by atoms with Crippen LogP contribution in [0.3, 0.4) is 0 Å². The highest BCUT2D eigenvalue weighted by Crippen LogP contribution is 2.35. The zero-order valence-electron chi connectivity index (χ0n) is 14.2. The summed E-state index contributed by atoms with van der Waals surface area (Å²) < 4.78 is 6.03. The zero-order valence-corrected chi connectivity index (χ0v) is 16.5. The third-order valence-electron chi connectivity index (χ3n) is 3.71. The highest BCUT2D eigenvalue weighted by molar-refractivity contribution is 7.15. The lowest BCUT2D eigenvalue weighted by Gasteiger charge is -2.13. The first-order valence-electron chi connectivity index (χ1n) is 7.82. The molecule has 0 aliphatic heterocycles. The summed E-state index contributed by atoms with van der Waals surface area (Å²) in [6, 6.07) is 11.4. The molecule has 0 amide bonds. The van der Waals surface area contributed by atoms with Crippen LogP contribution in [-0.2, 0) is 6.54 Å². The van der Waals surface area contributed by atoms with Crippen LogP contribution in [0.4, 0.5) is 0 Å². The molecule has 0 aliphatic rings. The second kappa shape index (κ2) is 7.75. The molecule has 1 heterocycles. The van der Waals surface area contributed by atoms with Crippen LogP contribution in [0.25, 0.3) is 10.4 Å². The van der Waals surface area contributed by atoms with E-state index in [1.807, 2.05) is 33.0 Å². The molecule has 0 bridgehead atoms. The Morgan fingerprint density at radius 3 is 2.52 bits per heavy atom. The Morgan fingerprint density at radius 2 is 1.88 bits per heavy atom. The molecule has 0 fully saturated rings. The number of aryl methyl sites for hydroxylation is 2. The fraction of sp³-hybridized carbons (Fsp3) is 0.211. The minimum atomic E-state index is 0.474. The van der Waals surface area contributed by atoms with Crippen molar-refractivity contribution in [1.29, 1.82) is 0 Å². The molecule has 2 aromatic carbocycles. The van der Waals surface area contributed by atoms with E-state index < -0.39 is 0 Å². The maximum absolute atomic E-state index is 6.08. The van der Waals surface area contributed by atoms with Gasteiger partial charge in [-0.1, -0.05) is 23.2 Å². The maximum atomic E-state index is 6.08. The second-order valence-corrected chi connectivity index (χ2v) is 7.70. The Kier molecular flexibility index (Phi) is 5.64. The fourth-order valence-corrected chi connectivity index (χ4v) is 3.82. The van der Waals surface area contributed by atoms with Gasteiger partial charge in [0, 0.05) is 18.2 Å². The Bertz CT molecular complexity index is 908. The number of hydrogen-bond donors (Lipinski definition) is 1. The number of ether oxygens (including phenoxy) is 1. The van der Waals surface area contributed by atoms with E-state index in [-0.39, 0.29) is 0 Å². The van der Waals surface area contributed by atoms with Gasteiger partial charge < -0.3 is 10.1 Å². The summed E-state index contributed by atoms with van der Waals surface area (Å²) in [7, 11) is 1.91. The van der Waals surface area contributed by atoms with E-state index in [4.69, 9.17) is 27.9 Å². The molecule has 0 unspecified atom stereocenters. The number of nitrogens with zero attached hydrogens (tertiary/aromatic N) is 1. The summed E-state index contributed by atoms with van der Waals surface area (Å²) in [5, 5.41) is 5.24. The minimum absolute atomic E-state index is 0.474. The zero-order chi connectivity index (χ0) is 18.0. The SMILES string of the molecule is CNCc1cc(-c2sc(C)nc2C)ccc1Oc1ccc(Cl)c(Cl)c1. The largest absolute Gasteiger partial charge is 0.457 e. The van der Waals surface area contributed by atoms with Crippen molar-refractivity contribution in [3.63, 3.8) is 0 Å². The van der Waals surface area contributed by atoms with Crippen molar-refractivity contribution in [2.24, 2.45) is 0 Å². The number of benzene rings is 2. The highest BCUT2D eigenvalue weighted by Gasteiger charge is 2.12. The van der Waals surface area contributed by atoms with E-state index >= 15 is 0 Å². The minimum Gasteiger partial charge on any atom is -0.457 e. The van der Waals surface area contributed by atoms with E-state index in [2.05, 4.69) is 22.4 Å². The van der Waals surface area contributed by atoms with Crippen LogP contribution in [-0.4, -0.2) is 12.0 Å². The molecule has 0 atom stereocenters.